The summed E-state index contributed by atoms with van der Waals surface area (Å²) in [5, 5.41) is 1.14. The Hall–Kier alpha value is -3.28. The molecule has 3 heterocycles. The monoisotopic (exact) mass is 435 g/mol. The van der Waals surface area contributed by atoms with Gasteiger partial charge in [0, 0.05) is 36.9 Å². The van der Waals surface area contributed by atoms with Crippen molar-refractivity contribution >= 4 is 16.7 Å². The van der Waals surface area contributed by atoms with Gasteiger partial charge in [-0.15, -0.1) is 0 Å². The molecule has 0 fully saturated rings. The van der Waals surface area contributed by atoms with E-state index in [1.54, 1.807) is 12.1 Å². The molecule has 0 aliphatic carbocycles. The molecule has 0 atom stereocenters. The Labute approximate surface area is 185 Å². The summed E-state index contributed by atoms with van der Waals surface area (Å²) in [6.45, 7) is 6.33. The van der Waals surface area contributed by atoms with Gasteiger partial charge in [0.1, 0.15) is 0 Å². The lowest BCUT2D eigenvalue weighted by molar-refractivity contribution is -0.137. The van der Waals surface area contributed by atoms with Crippen LogP contribution < -0.4 is 4.90 Å². The highest BCUT2D eigenvalue weighted by molar-refractivity contribution is 5.93. The van der Waals surface area contributed by atoms with E-state index in [2.05, 4.69) is 47.6 Å². The zero-order valence-electron chi connectivity index (χ0n) is 18.1. The summed E-state index contributed by atoms with van der Waals surface area (Å²) in [6.07, 6.45) is -1.51. The number of halogens is 3. The number of pyridine rings is 1. The van der Waals surface area contributed by atoms with Crippen molar-refractivity contribution in [3.05, 3.63) is 94.3 Å². The van der Waals surface area contributed by atoms with Crippen LogP contribution in [0.2, 0.25) is 0 Å². The van der Waals surface area contributed by atoms with Crippen LogP contribution in [0.25, 0.3) is 10.9 Å². The number of hydrogen-bond donors (Lipinski definition) is 0. The number of nitrogens with zero attached hydrogens (tertiary/aromatic N) is 3. The third-order valence-electron chi connectivity index (χ3n) is 6.58. The molecule has 0 saturated carbocycles. The third kappa shape index (κ3) is 3.53. The van der Waals surface area contributed by atoms with E-state index in [9.17, 15) is 13.2 Å². The van der Waals surface area contributed by atoms with Gasteiger partial charge in [-0.05, 0) is 60.7 Å². The number of anilines is 1. The molecule has 164 valence electrons. The number of hydrogen-bond acceptors (Lipinski definition) is 2. The molecule has 1 aliphatic rings. The van der Waals surface area contributed by atoms with Gasteiger partial charge in [0.15, 0.2) is 5.82 Å². The smallest absolute Gasteiger partial charge is 0.350 e. The first-order valence-electron chi connectivity index (χ1n) is 10.7. The van der Waals surface area contributed by atoms with Gasteiger partial charge < -0.3 is 9.47 Å². The molecule has 0 amide bonds. The van der Waals surface area contributed by atoms with Gasteiger partial charge in [0.05, 0.1) is 11.1 Å². The summed E-state index contributed by atoms with van der Waals surface area (Å²) in [5.41, 5.74) is 6.22. The molecule has 3 nitrogen and oxygen atoms in total. The lowest BCUT2D eigenvalue weighted by Crippen LogP contribution is -2.31. The second kappa shape index (κ2) is 7.69. The van der Waals surface area contributed by atoms with Crippen LogP contribution in [-0.4, -0.2) is 16.1 Å². The average molecular weight is 435 g/mol. The maximum atomic E-state index is 13.0. The molecule has 2 aromatic carbocycles. The maximum Gasteiger partial charge on any atom is 0.416 e. The van der Waals surface area contributed by atoms with Crippen molar-refractivity contribution in [2.24, 2.45) is 0 Å². The first-order chi connectivity index (χ1) is 15.3. The van der Waals surface area contributed by atoms with E-state index in [4.69, 9.17) is 4.98 Å². The number of alkyl halides is 3. The van der Waals surface area contributed by atoms with Gasteiger partial charge in [0.2, 0.25) is 0 Å². The summed E-state index contributed by atoms with van der Waals surface area (Å²) >= 11 is 0. The van der Waals surface area contributed by atoms with E-state index in [0.717, 1.165) is 59.6 Å². The minimum Gasteiger partial charge on any atom is -0.350 e. The molecule has 0 N–H and O–H groups in total. The van der Waals surface area contributed by atoms with E-state index in [-0.39, 0.29) is 0 Å². The van der Waals surface area contributed by atoms with E-state index in [1.807, 2.05) is 12.3 Å². The fourth-order valence-electron chi connectivity index (χ4n) is 4.66. The Balaban J connectivity index is 1.56. The summed E-state index contributed by atoms with van der Waals surface area (Å²) < 4.78 is 41.1. The Kier molecular flexibility index (Phi) is 4.96. The summed E-state index contributed by atoms with van der Waals surface area (Å²) in [5.74, 6) is 0.931. The molecule has 0 radical (unpaired) electrons. The largest absolute Gasteiger partial charge is 0.416 e. The third-order valence-corrected chi connectivity index (χ3v) is 6.58. The van der Waals surface area contributed by atoms with Gasteiger partial charge in [-0.25, -0.2) is 4.98 Å². The van der Waals surface area contributed by atoms with Crippen molar-refractivity contribution < 1.29 is 13.2 Å². The minimum absolute atomic E-state index is 0.497. The number of fused-ring (bicyclic) bond motifs is 2. The van der Waals surface area contributed by atoms with E-state index in [1.165, 1.54) is 16.7 Å². The number of rotatable bonds is 3. The molecule has 32 heavy (non-hydrogen) atoms. The molecule has 0 unspecified atom stereocenters. The Morgan fingerprint density at radius 1 is 0.938 bits per heavy atom. The number of aryl methyl sites for hydroxylation is 1. The first-order valence-corrected chi connectivity index (χ1v) is 10.7. The highest BCUT2D eigenvalue weighted by Gasteiger charge is 2.30. The van der Waals surface area contributed by atoms with Crippen molar-refractivity contribution in [2.75, 3.05) is 11.4 Å². The predicted octanol–water partition coefficient (Wildman–Crippen LogP) is 6.28. The van der Waals surface area contributed by atoms with E-state index >= 15 is 0 Å². The summed E-state index contributed by atoms with van der Waals surface area (Å²) in [6, 6.07) is 16.0. The Bertz CT molecular complexity index is 1290. The molecular weight excluding hydrogens is 411 g/mol. The quantitative estimate of drug-likeness (QED) is 0.377. The van der Waals surface area contributed by atoms with Gasteiger partial charge in [-0.2, -0.15) is 13.2 Å². The molecule has 0 saturated heterocycles. The minimum atomic E-state index is -4.33. The topological polar surface area (TPSA) is 21.1 Å². The molecule has 0 spiro atoms. The lowest BCUT2D eigenvalue weighted by atomic mass is 10.00. The molecule has 2 aromatic heterocycles. The second-order valence-electron chi connectivity index (χ2n) is 8.46. The van der Waals surface area contributed by atoms with Crippen LogP contribution in [0, 0.1) is 13.8 Å². The van der Waals surface area contributed by atoms with Crippen molar-refractivity contribution in [1.82, 2.24) is 9.55 Å². The SMILES string of the molecule is Cc1c(C)n(Cc2ccc(C(F)(F)F)cc2)c2c(N3CCc4ccccc4C3)nccc12. The van der Waals surface area contributed by atoms with Crippen LogP contribution >= 0.6 is 0 Å². The zero-order chi connectivity index (χ0) is 22.5. The standard InChI is InChI=1S/C26H24F3N3/c1-17-18(2)32(15-19-7-9-22(10-8-19)26(27,28)29)24-23(17)11-13-30-25(24)31-14-12-20-5-3-4-6-21(20)16-31/h3-11,13H,12,14-16H2,1-2H3. The second-order valence-corrected chi connectivity index (χ2v) is 8.46. The van der Waals surface area contributed by atoms with Crippen molar-refractivity contribution in [3.8, 4) is 0 Å². The highest BCUT2D eigenvalue weighted by atomic mass is 19.4. The molecule has 1 aliphatic heterocycles. The highest BCUT2D eigenvalue weighted by Crippen LogP contribution is 2.35. The van der Waals surface area contributed by atoms with Gasteiger partial charge in [0.25, 0.3) is 0 Å². The van der Waals surface area contributed by atoms with Gasteiger partial charge >= 0.3 is 6.18 Å². The van der Waals surface area contributed by atoms with Crippen LogP contribution in [0.4, 0.5) is 19.0 Å². The van der Waals surface area contributed by atoms with E-state index in [0.29, 0.717) is 6.54 Å². The number of benzene rings is 2. The van der Waals surface area contributed by atoms with E-state index < -0.39 is 11.7 Å². The number of aromatic nitrogens is 2. The summed E-state index contributed by atoms with van der Waals surface area (Å²) in [7, 11) is 0. The fraction of sp³-hybridized carbons (Fsp3) is 0.269. The fourth-order valence-corrected chi connectivity index (χ4v) is 4.66. The first kappa shape index (κ1) is 20.6. The van der Waals surface area contributed by atoms with Crippen molar-refractivity contribution in [1.29, 1.82) is 0 Å². The predicted molar refractivity (Wildman–Crippen MR) is 121 cm³/mol. The normalized spacial score (nSPS) is 14.1. The van der Waals surface area contributed by atoms with Crippen LogP contribution in [0.5, 0.6) is 0 Å². The van der Waals surface area contributed by atoms with Crippen LogP contribution in [0.1, 0.15) is 33.5 Å². The zero-order valence-corrected chi connectivity index (χ0v) is 18.1. The van der Waals surface area contributed by atoms with Gasteiger partial charge in [-0.3, -0.25) is 0 Å². The molecule has 0 bridgehead atoms. The Morgan fingerprint density at radius 2 is 1.66 bits per heavy atom. The molecule has 4 aromatic rings. The van der Waals surface area contributed by atoms with Crippen molar-refractivity contribution in [2.45, 2.75) is 39.5 Å². The molecular formula is C26H24F3N3. The maximum absolute atomic E-state index is 13.0. The van der Waals surface area contributed by atoms with Crippen LogP contribution in [0.3, 0.4) is 0 Å². The van der Waals surface area contributed by atoms with Crippen LogP contribution in [-0.2, 0) is 25.7 Å². The Morgan fingerprint density at radius 3 is 2.38 bits per heavy atom. The van der Waals surface area contributed by atoms with Crippen molar-refractivity contribution in [3.63, 3.8) is 0 Å². The average Bonchev–Trinajstić information content (AvgIpc) is 3.03. The van der Waals surface area contributed by atoms with Crippen LogP contribution in [0.15, 0.2) is 60.8 Å². The van der Waals surface area contributed by atoms with Gasteiger partial charge in [-0.1, -0.05) is 36.4 Å². The summed E-state index contributed by atoms with van der Waals surface area (Å²) in [4.78, 5) is 7.08. The molecule has 6 heteroatoms. The molecule has 5 rings (SSSR count). The lowest BCUT2D eigenvalue weighted by Gasteiger charge is -2.30.